The van der Waals surface area contributed by atoms with E-state index in [0.717, 1.165) is 0 Å². The van der Waals surface area contributed by atoms with E-state index < -0.39 is 12.1 Å². The van der Waals surface area contributed by atoms with Gasteiger partial charge in [-0.2, -0.15) is 0 Å². The summed E-state index contributed by atoms with van der Waals surface area (Å²) in [5, 5.41) is 9.21. The van der Waals surface area contributed by atoms with Gasteiger partial charge in [0.2, 0.25) is 0 Å². The molecule has 1 aromatic carbocycles. The van der Waals surface area contributed by atoms with Crippen LogP contribution in [0.4, 0.5) is 0 Å². The Morgan fingerprint density at radius 1 is 1.43 bits per heavy atom. The molecule has 3 heteroatoms. The van der Waals surface area contributed by atoms with Crippen molar-refractivity contribution in [1.82, 2.24) is 0 Å². The summed E-state index contributed by atoms with van der Waals surface area (Å²) in [7, 11) is 0. The molecule has 0 spiro atoms. The van der Waals surface area contributed by atoms with E-state index in [9.17, 15) is 9.90 Å². The Balaban J connectivity index is 2.42. The summed E-state index contributed by atoms with van der Waals surface area (Å²) in [6, 6.07) is 8.84. The molecular weight excluding hydrogens is 180 g/mol. The summed E-state index contributed by atoms with van der Waals surface area (Å²) in [6.07, 6.45) is 0.00107. The number of rotatable bonds is 4. The Kier molecular flexibility index (Phi) is 4.13. The number of ether oxygens (including phenoxy) is 1. The van der Waals surface area contributed by atoms with Crippen molar-refractivity contribution < 1.29 is 14.6 Å². The van der Waals surface area contributed by atoms with Gasteiger partial charge >= 0.3 is 5.97 Å². The molecule has 0 aliphatic heterocycles. The highest BCUT2D eigenvalue weighted by Gasteiger charge is 2.10. The number of aliphatic hydroxyl groups excluding tert-OH is 1. The predicted molar refractivity (Wildman–Crippen MR) is 53.0 cm³/mol. The number of esters is 1. The summed E-state index contributed by atoms with van der Waals surface area (Å²) in [5.41, 5.74) is 0. The van der Waals surface area contributed by atoms with Gasteiger partial charge in [-0.3, -0.25) is 4.79 Å². The number of carbonyl (C=O) groups excluding carboxylic acids is 1. The zero-order valence-electron chi connectivity index (χ0n) is 8.14. The van der Waals surface area contributed by atoms with E-state index in [1.54, 1.807) is 24.3 Å². The smallest absolute Gasteiger partial charge is 0.313 e. The van der Waals surface area contributed by atoms with Gasteiger partial charge in [-0.15, -0.1) is 0 Å². The minimum absolute atomic E-state index is 0.0470. The van der Waals surface area contributed by atoms with Crippen LogP contribution < -0.4 is 4.74 Å². The Bertz CT molecular complexity index is 282. The largest absolute Gasteiger partial charge is 0.426 e. The maximum Gasteiger partial charge on any atom is 0.313 e. The fourth-order valence-corrected chi connectivity index (χ4v) is 0.998. The molecule has 0 unspecified atom stereocenters. The minimum Gasteiger partial charge on any atom is -0.426 e. The highest BCUT2D eigenvalue weighted by molar-refractivity contribution is 5.72. The number of hydrogen-bond acceptors (Lipinski definition) is 3. The first-order chi connectivity index (χ1) is 6.72. The van der Waals surface area contributed by atoms with E-state index in [1.165, 1.54) is 0 Å². The molecule has 0 aromatic heterocycles. The van der Waals surface area contributed by atoms with Gasteiger partial charge in [0.15, 0.2) is 0 Å². The third kappa shape index (κ3) is 3.58. The summed E-state index contributed by atoms with van der Waals surface area (Å²) in [5.74, 6) is 0.117. The first kappa shape index (κ1) is 10.7. The van der Waals surface area contributed by atoms with Crippen LogP contribution in [0.25, 0.3) is 0 Å². The Morgan fingerprint density at radius 3 is 2.64 bits per heavy atom. The van der Waals surface area contributed by atoms with Crippen LogP contribution in [0.5, 0.6) is 5.75 Å². The van der Waals surface area contributed by atoms with Gasteiger partial charge in [0.25, 0.3) is 0 Å². The molecule has 0 aliphatic carbocycles. The topological polar surface area (TPSA) is 46.5 Å². The van der Waals surface area contributed by atoms with Crippen LogP contribution in [0, 0.1) is 0 Å². The fraction of sp³-hybridized carbons (Fsp3) is 0.364. The van der Waals surface area contributed by atoms with Crippen molar-refractivity contribution in [3.63, 3.8) is 0 Å². The molecule has 1 atom stereocenters. The van der Waals surface area contributed by atoms with Crippen molar-refractivity contribution in [1.29, 1.82) is 0 Å². The third-order valence-electron chi connectivity index (χ3n) is 1.85. The zero-order chi connectivity index (χ0) is 10.4. The number of hydrogen-bond donors (Lipinski definition) is 1. The van der Waals surface area contributed by atoms with Crippen LogP contribution in [0.2, 0.25) is 0 Å². The highest BCUT2D eigenvalue weighted by Crippen LogP contribution is 2.10. The molecule has 1 rings (SSSR count). The SMILES string of the molecule is CC[C@@H](O)CC(=O)Oc1ccccc1. The Morgan fingerprint density at radius 2 is 2.07 bits per heavy atom. The van der Waals surface area contributed by atoms with Gasteiger partial charge in [-0.25, -0.2) is 0 Å². The molecule has 0 heterocycles. The summed E-state index contributed by atoms with van der Waals surface area (Å²) < 4.78 is 4.99. The normalized spacial score (nSPS) is 12.1. The maximum atomic E-state index is 11.2. The standard InChI is InChI=1S/C11H14O3/c1-2-9(12)8-11(13)14-10-6-4-3-5-7-10/h3-7,9,12H,2,8H2,1H3/t9-/m1/s1. The van der Waals surface area contributed by atoms with Crippen LogP contribution >= 0.6 is 0 Å². The summed E-state index contributed by atoms with van der Waals surface area (Å²) >= 11 is 0. The van der Waals surface area contributed by atoms with Crippen molar-refractivity contribution in [3.05, 3.63) is 30.3 Å². The van der Waals surface area contributed by atoms with Gasteiger partial charge in [-0.05, 0) is 18.6 Å². The van der Waals surface area contributed by atoms with Crippen molar-refractivity contribution in [2.24, 2.45) is 0 Å². The average Bonchev–Trinajstić information content (AvgIpc) is 2.19. The molecule has 0 fully saturated rings. The lowest BCUT2D eigenvalue weighted by atomic mass is 10.2. The molecule has 0 saturated carbocycles. The Labute approximate surface area is 83.3 Å². The van der Waals surface area contributed by atoms with Crippen LogP contribution in [-0.2, 0) is 4.79 Å². The number of para-hydroxylation sites is 1. The van der Waals surface area contributed by atoms with Gasteiger partial charge in [0, 0.05) is 0 Å². The molecule has 0 radical (unpaired) electrons. The molecular formula is C11H14O3. The zero-order valence-corrected chi connectivity index (χ0v) is 8.14. The van der Waals surface area contributed by atoms with Gasteiger partial charge in [0.1, 0.15) is 5.75 Å². The molecule has 0 aliphatic rings. The van der Waals surface area contributed by atoms with E-state index in [0.29, 0.717) is 12.2 Å². The first-order valence-corrected chi connectivity index (χ1v) is 4.66. The van der Waals surface area contributed by atoms with E-state index in [-0.39, 0.29) is 6.42 Å². The first-order valence-electron chi connectivity index (χ1n) is 4.66. The van der Waals surface area contributed by atoms with Gasteiger partial charge < -0.3 is 9.84 Å². The quantitative estimate of drug-likeness (QED) is 0.586. The number of carbonyl (C=O) groups is 1. The molecule has 0 bridgehead atoms. The predicted octanol–water partition coefficient (Wildman–Crippen LogP) is 1.75. The molecule has 14 heavy (non-hydrogen) atoms. The van der Waals surface area contributed by atoms with Crippen molar-refractivity contribution >= 4 is 5.97 Å². The van der Waals surface area contributed by atoms with E-state index >= 15 is 0 Å². The lowest BCUT2D eigenvalue weighted by Crippen LogP contribution is -2.16. The monoisotopic (exact) mass is 194 g/mol. The van der Waals surface area contributed by atoms with Gasteiger partial charge in [0.05, 0.1) is 12.5 Å². The van der Waals surface area contributed by atoms with Crippen molar-refractivity contribution in [2.45, 2.75) is 25.9 Å². The number of benzene rings is 1. The second-order valence-corrected chi connectivity index (χ2v) is 3.05. The molecule has 0 saturated heterocycles. The van der Waals surface area contributed by atoms with Crippen molar-refractivity contribution in [2.75, 3.05) is 0 Å². The fourth-order valence-electron chi connectivity index (χ4n) is 0.998. The molecule has 0 amide bonds. The van der Waals surface area contributed by atoms with Crippen LogP contribution in [0.15, 0.2) is 30.3 Å². The summed E-state index contributed by atoms with van der Waals surface area (Å²) in [4.78, 5) is 11.2. The van der Waals surface area contributed by atoms with Crippen molar-refractivity contribution in [3.8, 4) is 5.75 Å². The second kappa shape index (κ2) is 5.40. The molecule has 1 N–H and O–H groups in total. The Hall–Kier alpha value is -1.35. The number of aliphatic hydroxyl groups is 1. The molecule has 3 nitrogen and oxygen atoms in total. The average molecular weight is 194 g/mol. The highest BCUT2D eigenvalue weighted by atomic mass is 16.5. The molecule has 76 valence electrons. The van der Waals surface area contributed by atoms with Crippen LogP contribution in [0.3, 0.4) is 0 Å². The minimum atomic E-state index is -0.605. The van der Waals surface area contributed by atoms with E-state index in [4.69, 9.17) is 4.74 Å². The lowest BCUT2D eigenvalue weighted by Gasteiger charge is -2.07. The summed E-state index contributed by atoms with van der Waals surface area (Å²) in [6.45, 7) is 1.82. The second-order valence-electron chi connectivity index (χ2n) is 3.05. The van der Waals surface area contributed by atoms with Crippen LogP contribution in [0.1, 0.15) is 19.8 Å². The third-order valence-corrected chi connectivity index (χ3v) is 1.85. The van der Waals surface area contributed by atoms with Crippen LogP contribution in [-0.4, -0.2) is 17.2 Å². The van der Waals surface area contributed by atoms with E-state index in [2.05, 4.69) is 0 Å². The van der Waals surface area contributed by atoms with Gasteiger partial charge in [-0.1, -0.05) is 25.1 Å². The maximum absolute atomic E-state index is 11.2. The lowest BCUT2D eigenvalue weighted by molar-refractivity contribution is -0.136. The van der Waals surface area contributed by atoms with E-state index in [1.807, 2.05) is 13.0 Å². The molecule has 1 aromatic rings.